The van der Waals surface area contributed by atoms with Crippen molar-refractivity contribution in [1.82, 2.24) is 5.32 Å². The van der Waals surface area contributed by atoms with E-state index >= 15 is 0 Å². The summed E-state index contributed by atoms with van der Waals surface area (Å²) in [6.45, 7) is 2.19. The Morgan fingerprint density at radius 3 is 2.68 bits per heavy atom. The van der Waals surface area contributed by atoms with Crippen molar-refractivity contribution in [3.8, 4) is 0 Å². The van der Waals surface area contributed by atoms with Crippen LogP contribution in [0.15, 0.2) is 28.7 Å². The number of unbranched alkanes of at least 4 members (excludes halogenated alkanes) is 2. The molecule has 2 amide bonds. The first-order chi connectivity index (χ1) is 9.08. The van der Waals surface area contributed by atoms with Crippen LogP contribution >= 0.6 is 15.9 Å². The van der Waals surface area contributed by atoms with Crippen molar-refractivity contribution in [2.45, 2.75) is 32.6 Å². The lowest BCUT2D eigenvalue weighted by atomic mass is 10.2. The molecule has 0 aliphatic carbocycles. The largest absolute Gasteiger partial charge is 0.356 e. The van der Waals surface area contributed by atoms with Gasteiger partial charge in [-0.2, -0.15) is 0 Å². The Balaban J connectivity index is 2.13. The summed E-state index contributed by atoms with van der Waals surface area (Å²) >= 11 is 3.36. The maximum atomic E-state index is 11.7. The summed E-state index contributed by atoms with van der Waals surface area (Å²) in [7, 11) is 0. The van der Waals surface area contributed by atoms with E-state index < -0.39 is 0 Å². The molecule has 0 aliphatic heterocycles. The molecule has 2 N–H and O–H groups in total. The third-order valence-electron chi connectivity index (χ3n) is 2.56. The zero-order chi connectivity index (χ0) is 14.1. The standard InChI is InChI=1S/C14H19BrN2O2/c1-11(18)16-9-4-2-3-8-14(19)17-13-7-5-6-12(15)10-13/h5-7,10H,2-4,8-9H2,1H3,(H,16,18)(H,17,19). The van der Waals surface area contributed by atoms with Gasteiger partial charge in [-0.3, -0.25) is 9.59 Å². The second-order valence-electron chi connectivity index (χ2n) is 4.35. The third kappa shape index (κ3) is 7.62. The topological polar surface area (TPSA) is 58.2 Å². The maximum Gasteiger partial charge on any atom is 0.224 e. The molecule has 0 atom stereocenters. The number of hydrogen-bond acceptors (Lipinski definition) is 2. The highest BCUT2D eigenvalue weighted by Crippen LogP contribution is 2.16. The molecule has 0 radical (unpaired) electrons. The fraction of sp³-hybridized carbons (Fsp3) is 0.429. The van der Waals surface area contributed by atoms with Gasteiger partial charge >= 0.3 is 0 Å². The fourth-order valence-electron chi connectivity index (χ4n) is 1.64. The smallest absolute Gasteiger partial charge is 0.224 e. The number of carbonyl (C=O) groups is 2. The molecule has 19 heavy (non-hydrogen) atoms. The van der Waals surface area contributed by atoms with Gasteiger partial charge in [-0.05, 0) is 31.0 Å². The third-order valence-corrected chi connectivity index (χ3v) is 3.06. The zero-order valence-electron chi connectivity index (χ0n) is 11.0. The Labute approximate surface area is 122 Å². The van der Waals surface area contributed by atoms with Crippen molar-refractivity contribution in [3.63, 3.8) is 0 Å². The van der Waals surface area contributed by atoms with Gasteiger partial charge in [0.2, 0.25) is 11.8 Å². The Kier molecular flexibility index (Phi) is 7.18. The highest BCUT2D eigenvalue weighted by molar-refractivity contribution is 9.10. The predicted octanol–water partition coefficient (Wildman–Crippen LogP) is 3.08. The number of halogens is 1. The van der Waals surface area contributed by atoms with E-state index in [-0.39, 0.29) is 11.8 Å². The van der Waals surface area contributed by atoms with Crippen molar-refractivity contribution in [2.24, 2.45) is 0 Å². The van der Waals surface area contributed by atoms with Crippen molar-refractivity contribution in [3.05, 3.63) is 28.7 Å². The minimum absolute atomic E-state index is 0.00704. The van der Waals surface area contributed by atoms with Crippen LogP contribution in [0.4, 0.5) is 5.69 Å². The summed E-state index contributed by atoms with van der Waals surface area (Å²) < 4.78 is 0.945. The monoisotopic (exact) mass is 326 g/mol. The minimum Gasteiger partial charge on any atom is -0.356 e. The quantitative estimate of drug-likeness (QED) is 0.756. The van der Waals surface area contributed by atoms with E-state index in [1.54, 1.807) is 0 Å². The van der Waals surface area contributed by atoms with Crippen LogP contribution in [-0.4, -0.2) is 18.4 Å². The minimum atomic E-state index is -0.00704. The first kappa shape index (κ1) is 15.7. The van der Waals surface area contributed by atoms with Gasteiger partial charge in [-0.25, -0.2) is 0 Å². The molecule has 0 saturated carbocycles. The molecule has 0 aromatic heterocycles. The second-order valence-corrected chi connectivity index (χ2v) is 5.27. The van der Waals surface area contributed by atoms with E-state index in [1.165, 1.54) is 6.92 Å². The van der Waals surface area contributed by atoms with Crippen molar-refractivity contribution in [2.75, 3.05) is 11.9 Å². The summed E-state index contributed by atoms with van der Waals surface area (Å²) in [6, 6.07) is 7.53. The molecule has 0 fully saturated rings. The average Bonchev–Trinajstić information content (AvgIpc) is 2.33. The summed E-state index contributed by atoms with van der Waals surface area (Å²) in [6.07, 6.45) is 3.18. The lowest BCUT2D eigenvalue weighted by molar-refractivity contribution is -0.119. The number of nitrogens with one attached hydrogen (secondary N) is 2. The Morgan fingerprint density at radius 1 is 1.21 bits per heavy atom. The van der Waals surface area contributed by atoms with Gasteiger partial charge < -0.3 is 10.6 Å². The van der Waals surface area contributed by atoms with Gasteiger partial charge in [-0.1, -0.05) is 28.4 Å². The maximum absolute atomic E-state index is 11.7. The summed E-state index contributed by atoms with van der Waals surface area (Å²) in [5.74, 6) is 0.0185. The zero-order valence-corrected chi connectivity index (χ0v) is 12.6. The summed E-state index contributed by atoms with van der Waals surface area (Å²) in [4.78, 5) is 22.3. The number of rotatable bonds is 7. The van der Waals surface area contributed by atoms with Crippen LogP contribution < -0.4 is 10.6 Å². The van der Waals surface area contributed by atoms with E-state index in [9.17, 15) is 9.59 Å². The first-order valence-electron chi connectivity index (χ1n) is 6.38. The molecule has 104 valence electrons. The Morgan fingerprint density at radius 2 is 2.00 bits per heavy atom. The van der Waals surface area contributed by atoms with Crippen molar-refractivity contribution >= 4 is 33.4 Å². The first-order valence-corrected chi connectivity index (χ1v) is 7.17. The normalized spacial score (nSPS) is 10.0. The lowest BCUT2D eigenvalue weighted by Crippen LogP contribution is -2.20. The van der Waals surface area contributed by atoms with Gasteiger partial charge in [0.1, 0.15) is 0 Å². The van der Waals surface area contributed by atoms with Crippen LogP contribution in [0.1, 0.15) is 32.6 Å². The number of amides is 2. The number of carbonyl (C=O) groups excluding carboxylic acids is 2. The molecule has 0 heterocycles. The molecule has 4 nitrogen and oxygen atoms in total. The highest BCUT2D eigenvalue weighted by Gasteiger charge is 2.02. The van der Waals surface area contributed by atoms with Gasteiger partial charge in [0, 0.05) is 30.0 Å². The Hall–Kier alpha value is -1.36. The van der Waals surface area contributed by atoms with Gasteiger partial charge in [-0.15, -0.1) is 0 Å². The van der Waals surface area contributed by atoms with Gasteiger partial charge in [0.05, 0.1) is 0 Å². The Bertz CT molecular complexity index is 435. The SMILES string of the molecule is CC(=O)NCCCCCC(=O)Nc1cccc(Br)c1. The van der Waals surface area contributed by atoms with Crippen LogP contribution in [0.2, 0.25) is 0 Å². The van der Waals surface area contributed by atoms with E-state index in [0.717, 1.165) is 29.4 Å². The molecule has 0 aliphatic rings. The molecule has 1 rings (SSSR count). The van der Waals surface area contributed by atoms with Crippen LogP contribution in [0.5, 0.6) is 0 Å². The average molecular weight is 327 g/mol. The molecule has 0 saturated heterocycles. The molecular formula is C14H19BrN2O2. The van der Waals surface area contributed by atoms with E-state index in [0.29, 0.717) is 13.0 Å². The van der Waals surface area contributed by atoms with Gasteiger partial charge in [0.25, 0.3) is 0 Å². The van der Waals surface area contributed by atoms with Crippen LogP contribution in [0.3, 0.4) is 0 Å². The van der Waals surface area contributed by atoms with E-state index in [2.05, 4.69) is 26.6 Å². The van der Waals surface area contributed by atoms with Crippen LogP contribution in [-0.2, 0) is 9.59 Å². The van der Waals surface area contributed by atoms with E-state index in [4.69, 9.17) is 0 Å². The number of hydrogen-bond donors (Lipinski definition) is 2. The van der Waals surface area contributed by atoms with Crippen molar-refractivity contribution < 1.29 is 9.59 Å². The van der Waals surface area contributed by atoms with Crippen LogP contribution in [0.25, 0.3) is 0 Å². The second kappa shape index (κ2) is 8.69. The lowest BCUT2D eigenvalue weighted by Gasteiger charge is -2.06. The fourth-order valence-corrected chi connectivity index (χ4v) is 2.04. The molecular weight excluding hydrogens is 308 g/mol. The molecule has 0 unspecified atom stereocenters. The predicted molar refractivity (Wildman–Crippen MR) is 79.9 cm³/mol. The van der Waals surface area contributed by atoms with Crippen LogP contribution in [0, 0.1) is 0 Å². The van der Waals surface area contributed by atoms with E-state index in [1.807, 2.05) is 24.3 Å². The van der Waals surface area contributed by atoms with Crippen molar-refractivity contribution in [1.29, 1.82) is 0 Å². The number of benzene rings is 1. The molecule has 1 aromatic carbocycles. The molecule has 1 aromatic rings. The number of anilines is 1. The van der Waals surface area contributed by atoms with Gasteiger partial charge in [0.15, 0.2) is 0 Å². The summed E-state index contributed by atoms with van der Waals surface area (Å²) in [5.41, 5.74) is 0.803. The molecule has 0 spiro atoms. The molecule has 5 heteroatoms. The molecule has 0 bridgehead atoms. The highest BCUT2D eigenvalue weighted by atomic mass is 79.9. The summed E-state index contributed by atoms with van der Waals surface area (Å²) in [5, 5.41) is 5.59.